The Morgan fingerprint density at radius 3 is 2.33 bits per heavy atom. The minimum Gasteiger partial charge on any atom is -0.113 e. The van der Waals surface area contributed by atoms with E-state index in [4.69, 9.17) is 0 Å². The predicted molar refractivity (Wildman–Crippen MR) is 128 cm³/mol. The Bertz CT molecular complexity index is 1330. The average Bonchev–Trinajstić information content (AvgIpc) is 3.39. The highest BCUT2D eigenvalue weighted by atomic mass is 79.9. The molecule has 0 saturated heterocycles. The van der Waals surface area contributed by atoms with Gasteiger partial charge in [-0.3, -0.25) is 0 Å². The first-order chi connectivity index (χ1) is 13.2. The molecule has 5 heteroatoms. The van der Waals surface area contributed by atoms with Crippen LogP contribution in [-0.4, -0.2) is 8.32 Å². The van der Waals surface area contributed by atoms with Gasteiger partial charge in [0.1, 0.15) is 0 Å². The predicted octanol–water partition coefficient (Wildman–Crippen LogP) is 4.43. The summed E-state index contributed by atoms with van der Waals surface area (Å²) in [5, 5.41) is 10.0. The van der Waals surface area contributed by atoms with E-state index in [9.17, 15) is 0 Å². The van der Waals surface area contributed by atoms with Gasteiger partial charge in [0.25, 0.3) is 0 Å². The van der Waals surface area contributed by atoms with Gasteiger partial charge in [0.15, 0.2) is 0 Å². The van der Waals surface area contributed by atoms with E-state index >= 15 is 0 Å². The number of hydrogen-bond acceptors (Lipinski definition) is 3. The largest absolute Gasteiger partial charge is 0.113 e. The van der Waals surface area contributed by atoms with Crippen molar-refractivity contribution in [3.05, 3.63) is 79.2 Å². The molecule has 2 atom stereocenters. The molecular formula is C22H12Br2S3. The van der Waals surface area contributed by atoms with E-state index in [1.165, 1.54) is 53.0 Å². The lowest BCUT2D eigenvalue weighted by atomic mass is 10.1. The van der Waals surface area contributed by atoms with Crippen LogP contribution < -0.4 is 20.9 Å². The number of rotatable bonds is 2. The van der Waals surface area contributed by atoms with Crippen LogP contribution in [-0.2, 0) is 0 Å². The molecule has 6 rings (SSSR count). The van der Waals surface area contributed by atoms with E-state index < -0.39 is 0 Å². The molecule has 2 unspecified atom stereocenters. The van der Waals surface area contributed by atoms with Gasteiger partial charge in [-0.15, -0.1) is 23.5 Å². The highest BCUT2D eigenvalue weighted by Gasteiger charge is 2.27. The lowest BCUT2D eigenvalue weighted by molar-refractivity contribution is 1.28. The number of alkyl halides is 2. The zero-order valence-electron chi connectivity index (χ0n) is 13.9. The van der Waals surface area contributed by atoms with Gasteiger partial charge < -0.3 is 0 Å². The Hall–Kier alpha value is -0.590. The van der Waals surface area contributed by atoms with Crippen LogP contribution in [0.4, 0.5) is 0 Å². The van der Waals surface area contributed by atoms with Crippen molar-refractivity contribution in [3.8, 4) is 0 Å². The van der Waals surface area contributed by atoms with Gasteiger partial charge >= 0.3 is 0 Å². The molecule has 0 radical (unpaired) electrons. The first-order valence-electron chi connectivity index (χ1n) is 8.58. The fraction of sp³-hybridized carbons (Fsp3) is 0.0909. The maximum atomic E-state index is 3.84. The molecule has 2 aliphatic heterocycles. The molecule has 0 fully saturated rings. The highest BCUT2D eigenvalue weighted by Crippen LogP contribution is 2.43. The molecule has 4 aliphatic rings. The van der Waals surface area contributed by atoms with Crippen LogP contribution >= 0.6 is 67.1 Å². The van der Waals surface area contributed by atoms with Crippen LogP contribution in [0.25, 0.3) is 23.3 Å². The molecule has 0 nitrogen and oxygen atoms in total. The van der Waals surface area contributed by atoms with E-state index in [-0.39, 0.29) is 0 Å². The molecule has 2 heterocycles. The summed E-state index contributed by atoms with van der Waals surface area (Å²) in [6.45, 7) is 0. The molecular weight excluding hydrogens is 520 g/mol. The molecule has 2 aliphatic carbocycles. The lowest BCUT2D eigenvalue weighted by Crippen LogP contribution is -2.28. The van der Waals surface area contributed by atoms with Gasteiger partial charge in [-0.2, -0.15) is 0 Å². The second kappa shape index (κ2) is 6.46. The maximum Gasteiger partial charge on any atom is 0.0902 e. The van der Waals surface area contributed by atoms with Crippen molar-refractivity contribution in [1.82, 2.24) is 0 Å². The smallest absolute Gasteiger partial charge is 0.0902 e. The summed E-state index contributed by atoms with van der Waals surface area (Å²) in [6, 6.07) is 13.4. The summed E-state index contributed by atoms with van der Waals surface area (Å²) in [5.41, 5.74) is 5.59. The Morgan fingerprint density at radius 1 is 0.778 bits per heavy atom. The summed E-state index contributed by atoms with van der Waals surface area (Å²) in [7, 11) is 0. The fourth-order valence-corrected chi connectivity index (χ4v) is 8.55. The second-order valence-corrected chi connectivity index (χ2v) is 12.8. The van der Waals surface area contributed by atoms with Crippen LogP contribution in [0.2, 0.25) is 0 Å². The number of hydrogen-bond donors (Lipinski definition) is 0. The van der Waals surface area contributed by atoms with Crippen molar-refractivity contribution in [3.63, 3.8) is 0 Å². The first-order valence-corrected chi connectivity index (χ1v) is 13.1. The summed E-state index contributed by atoms with van der Waals surface area (Å²) < 4.78 is 0.722. The van der Waals surface area contributed by atoms with Crippen LogP contribution in [0, 0.1) is 0 Å². The second-order valence-electron chi connectivity index (χ2n) is 6.71. The summed E-state index contributed by atoms with van der Waals surface area (Å²) in [6.07, 6.45) is 4.68. The molecule has 0 amide bonds. The first kappa shape index (κ1) is 17.3. The Kier molecular flexibility index (Phi) is 4.14. The summed E-state index contributed by atoms with van der Waals surface area (Å²) >= 11 is 13.3. The van der Waals surface area contributed by atoms with Gasteiger partial charge in [0, 0.05) is 15.0 Å². The molecule has 0 aromatic heterocycles. The SMILES string of the molecule is BrC1SC=C2C=c3c(Sc4cccc5c4=C4C(=CSC4Br)C=5)cccc3=C21. The van der Waals surface area contributed by atoms with Gasteiger partial charge in [0.2, 0.25) is 0 Å². The molecule has 0 bridgehead atoms. The van der Waals surface area contributed by atoms with Gasteiger partial charge in [0.05, 0.1) is 8.32 Å². The zero-order valence-corrected chi connectivity index (χ0v) is 19.5. The van der Waals surface area contributed by atoms with Crippen molar-refractivity contribution in [2.45, 2.75) is 18.1 Å². The Balaban J connectivity index is 1.56. The third-order valence-electron chi connectivity index (χ3n) is 5.22. The van der Waals surface area contributed by atoms with E-state index in [1.807, 2.05) is 35.3 Å². The normalized spacial score (nSPS) is 23.9. The number of halogens is 2. The monoisotopic (exact) mass is 530 g/mol. The van der Waals surface area contributed by atoms with E-state index in [2.05, 4.69) is 91.2 Å². The third kappa shape index (κ3) is 2.58. The van der Waals surface area contributed by atoms with E-state index in [0.29, 0.717) is 8.32 Å². The Morgan fingerprint density at radius 2 is 1.48 bits per heavy atom. The van der Waals surface area contributed by atoms with Crippen LogP contribution in [0.5, 0.6) is 0 Å². The van der Waals surface area contributed by atoms with Crippen LogP contribution in [0.1, 0.15) is 0 Å². The van der Waals surface area contributed by atoms with Crippen molar-refractivity contribution < 1.29 is 0 Å². The van der Waals surface area contributed by atoms with Gasteiger partial charge in [-0.1, -0.05) is 67.9 Å². The minimum absolute atomic E-state index is 0.353. The van der Waals surface area contributed by atoms with E-state index in [0.717, 1.165) is 0 Å². The lowest BCUT2D eigenvalue weighted by Gasteiger charge is -2.08. The number of benzene rings is 2. The number of thioether (sulfide) groups is 2. The standard InChI is InChI=1S/C22H12Br2S3/c23-21-18-13(10-25-21)8-15-14(18)4-2-5-16(15)27-17-6-1-3-11-7-12-9-26-22(24)20(12)19(11)17/h1-10,21-22H. The molecule has 2 aromatic carbocycles. The van der Waals surface area contributed by atoms with Crippen molar-refractivity contribution in [1.29, 1.82) is 0 Å². The van der Waals surface area contributed by atoms with Crippen molar-refractivity contribution in [2.24, 2.45) is 0 Å². The van der Waals surface area contributed by atoms with E-state index in [1.54, 1.807) is 0 Å². The van der Waals surface area contributed by atoms with Crippen molar-refractivity contribution >= 4 is 90.4 Å². The molecule has 27 heavy (non-hydrogen) atoms. The minimum atomic E-state index is 0.353. The number of allylic oxidation sites excluding steroid dienone is 2. The van der Waals surface area contributed by atoms with Gasteiger partial charge in [-0.25, -0.2) is 0 Å². The molecule has 0 spiro atoms. The third-order valence-corrected chi connectivity index (χ3v) is 10.3. The molecule has 0 N–H and O–H groups in total. The molecule has 132 valence electrons. The molecule has 2 aromatic rings. The average molecular weight is 532 g/mol. The topological polar surface area (TPSA) is 0 Å². The van der Waals surface area contributed by atoms with Crippen molar-refractivity contribution in [2.75, 3.05) is 0 Å². The summed E-state index contributed by atoms with van der Waals surface area (Å²) in [4.78, 5) is 2.68. The van der Waals surface area contributed by atoms with Gasteiger partial charge in [-0.05, 0) is 73.0 Å². The maximum absolute atomic E-state index is 3.84. The Labute approximate surface area is 186 Å². The molecule has 0 saturated carbocycles. The zero-order chi connectivity index (χ0) is 18.1. The fourth-order valence-electron chi connectivity index (χ4n) is 4.05. The highest BCUT2D eigenvalue weighted by molar-refractivity contribution is 9.11. The summed E-state index contributed by atoms with van der Waals surface area (Å²) in [5.74, 6) is 0. The number of fused-ring (bicyclic) bond motifs is 4. The van der Waals surface area contributed by atoms with Crippen LogP contribution in [0.15, 0.2) is 68.2 Å². The van der Waals surface area contributed by atoms with Crippen LogP contribution in [0.3, 0.4) is 0 Å². The quantitative estimate of drug-likeness (QED) is 0.526.